The number of benzene rings is 1. The second kappa shape index (κ2) is 4.62. The minimum absolute atomic E-state index is 0.0150. The van der Waals surface area contributed by atoms with Gasteiger partial charge in [-0.3, -0.25) is 4.57 Å². The molecule has 0 aliphatic rings. The molecule has 0 fully saturated rings. The first-order valence-corrected chi connectivity index (χ1v) is 5.66. The largest absolute Gasteiger partial charge is 0.323 e. The fourth-order valence-corrected chi connectivity index (χ4v) is 1.98. The summed E-state index contributed by atoms with van der Waals surface area (Å²) < 4.78 is 53.8. The summed E-state index contributed by atoms with van der Waals surface area (Å²) in [7, 11) is 0. The fraction of sp³-hybridized carbons (Fsp3) is 0.167. The Balaban J connectivity index is 2.03. The molecule has 0 bridgehead atoms. The van der Waals surface area contributed by atoms with Gasteiger partial charge in [-0.25, -0.2) is 18.7 Å². The Hall–Kier alpha value is -2.38. The van der Waals surface area contributed by atoms with Crippen molar-refractivity contribution in [3.8, 4) is 0 Å². The highest BCUT2D eigenvalue weighted by molar-refractivity contribution is 5.75. The molecular formula is C12H8F4N4. The Kier molecular flexibility index (Phi) is 2.92. The van der Waals surface area contributed by atoms with Crippen LogP contribution in [0, 0.1) is 11.6 Å². The number of rotatable bonds is 3. The van der Waals surface area contributed by atoms with Gasteiger partial charge in [0.25, 0.3) is 0 Å². The van der Waals surface area contributed by atoms with Crippen molar-refractivity contribution >= 4 is 11.0 Å². The summed E-state index contributed by atoms with van der Waals surface area (Å²) in [6, 6.07) is 1.94. The second-order valence-corrected chi connectivity index (χ2v) is 4.16. The zero-order valence-corrected chi connectivity index (χ0v) is 9.97. The maximum absolute atomic E-state index is 13.2. The number of nitrogens with zero attached hydrogens (tertiary/aromatic N) is 4. The normalized spacial score (nSPS) is 11.7. The first-order chi connectivity index (χ1) is 9.56. The summed E-state index contributed by atoms with van der Waals surface area (Å²) in [5.74, 6) is -1.92. The molecular weight excluding hydrogens is 276 g/mol. The quantitative estimate of drug-likeness (QED) is 0.693. The molecule has 8 heteroatoms. The van der Waals surface area contributed by atoms with E-state index in [4.69, 9.17) is 0 Å². The van der Waals surface area contributed by atoms with Crippen molar-refractivity contribution in [2.45, 2.75) is 13.1 Å². The smallest absolute Gasteiger partial charge is 0.319 e. The van der Waals surface area contributed by atoms with Gasteiger partial charge in [0.05, 0.1) is 23.9 Å². The Bertz CT molecular complexity index is 762. The van der Waals surface area contributed by atoms with Crippen LogP contribution in [-0.2, 0) is 6.54 Å². The summed E-state index contributed by atoms with van der Waals surface area (Å²) in [4.78, 5) is 7.73. The standard InChI is InChI=1S/C12H8F4N4/c13-7-3-9-10(4-8(7)14)19(6-18-9)5-11-17-1-2-20(11)12(15)16/h1-4,6,12H,5H2. The Morgan fingerprint density at radius 2 is 1.85 bits per heavy atom. The molecule has 104 valence electrons. The molecule has 0 saturated heterocycles. The van der Waals surface area contributed by atoms with Gasteiger partial charge in [0.15, 0.2) is 11.6 Å². The number of halogens is 4. The lowest BCUT2D eigenvalue weighted by atomic mass is 10.3. The Morgan fingerprint density at radius 1 is 1.10 bits per heavy atom. The molecule has 2 aromatic heterocycles. The van der Waals surface area contributed by atoms with Gasteiger partial charge in [0, 0.05) is 24.5 Å². The van der Waals surface area contributed by atoms with Crippen molar-refractivity contribution in [1.29, 1.82) is 0 Å². The molecule has 0 atom stereocenters. The van der Waals surface area contributed by atoms with Crippen LogP contribution in [-0.4, -0.2) is 19.1 Å². The third kappa shape index (κ3) is 2.02. The second-order valence-electron chi connectivity index (χ2n) is 4.16. The van der Waals surface area contributed by atoms with Crippen LogP contribution < -0.4 is 0 Å². The van der Waals surface area contributed by atoms with Gasteiger partial charge in [-0.1, -0.05) is 0 Å². The number of hydrogen-bond acceptors (Lipinski definition) is 2. The predicted molar refractivity (Wildman–Crippen MR) is 62.2 cm³/mol. The van der Waals surface area contributed by atoms with Crippen LogP contribution >= 0.6 is 0 Å². The molecule has 0 aliphatic heterocycles. The van der Waals surface area contributed by atoms with E-state index in [1.165, 1.54) is 17.1 Å². The van der Waals surface area contributed by atoms with Crippen LogP contribution in [0.15, 0.2) is 30.9 Å². The van der Waals surface area contributed by atoms with E-state index in [-0.39, 0.29) is 17.9 Å². The summed E-state index contributed by atoms with van der Waals surface area (Å²) >= 11 is 0. The molecule has 1 aromatic carbocycles. The van der Waals surface area contributed by atoms with E-state index in [1.807, 2.05) is 0 Å². The molecule has 0 N–H and O–H groups in total. The highest BCUT2D eigenvalue weighted by Gasteiger charge is 2.14. The van der Waals surface area contributed by atoms with Crippen LogP contribution in [0.1, 0.15) is 12.4 Å². The molecule has 0 amide bonds. The molecule has 0 saturated carbocycles. The van der Waals surface area contributed by atoms with Crippen molar-refractivity contribution in [3.63, 3.8) is 0 Å². The van der Waals surface area contributed by atoms with Gasteiger partial charge in [0.1, 0.15) is 5.82 Å². The molecule has 3 aromatic rings. The molecule has 2 heterocycles. The van der Waals surface area contributed by atoms with E-state index >= 15 is 0 Å². The lowest BCUT2D eigenvalue weighted by Gasteiger charge is -2.07. The van der Waals surface area contributed by atoms with Crippen LogP contribution in [0.3, 0.4) is 0 Å². The number of hydrogen-bond donors (Lipinski definition) is 0. The van der Waals surface area contributed by atoms with Crippen molar-refractivity contribution < 1.29 is 17.6 Å². The summed E-state index contributed by atoms with van der Waals surface area (Å²) in [5, 5.41) is 0. The van der Waals surface area contributed by atoms with Gasteiger partial charge in [-0.05, 0) is 0 Å². The van der Waals surface area contributed by atoms with Crippen LogP contribution in [0.2, 0.25) is 0 Å². The molecule has 4 nitrogen and oxygen atoms in total. The van der Waals surface area contributed by atoms with Gasteiger partial charge in [-0.2, -0.15) is 8.78 Å². The van der Waals surface area contributed by atoms with Gasteiger partial charge < -0.3 is 4.57 Å². The van der Waals surface area contributed by atoms with E-state index < -0.39 is 18.2 Å². The minimum atomic E-state index is -2.71. The SMILES string of the molecule is Fc1cc2ncn(Cc3nccn3C(F)F)c2cc1F. The van der Waals surface area contributed by atoms with E-state index in [9.17, 15) is 17.6 Å². The zero-order chi connectivity index (χ0) is 14.3. The molecule has 20 heavy (non-hydrogen) atoms. The van der Waals surface area contributed by atoms with E-state index in [0.717, 1.165) is 18.3 Å². The fourth-order valence-electron chi connectivity index (χ4n) is 1.98. The third-order valence-corrected chi connectivity index (χ3v) is 2.93. The van der Waals surface area contributed by atoms with E-state index in [0.29, 0.717) is 10.1 Å². The Morgan fingerprint density at radius 3 is 2.60 bits per heavy atom. The van der Waals surface area contributed by atoms with E-state index in [1.54, 1.807) is 0 Å². The maximum Gasteiger partial charge on any atom is 0.319 e. The van der Waals surface area contributed by atoms with E-state index in [2.05, 4.69) is 9.97 Å². The van der Waals surface area contributed by atoms with Gasteiger partial charge >= 0.3 is 6.55 Å². The average molecular weight is 284 g/mol. The van der Waals surface area contributed by atoms with Crippen molar-refractivity contribution in [1.82, 2.24) is 19.1 Å². The van der Waals surface area contributed by atoms with Crippen LogP contribution in [0.4, 0.5) is 17.6 Å². The predicted octanol–water partition coefficient (Wildman–Crippen LogP) is 2.95. The summed E-state index contributed by atoms with van der Waals surface area (Å²) in [6.45, 7) is -2.73. The van der Waals surface area contributed by atoms with Crippen LogP contribution in [0.5, 0.6) is 0 Å². The molecule has 0 unspecified atom stereocenters. The average Bonchev–Trinajstić information content (AvgIpc) is 2.99. The number of alkyl halides is 2. The van der Waals surface area contributed by atoms with Crippen molar-refractivity contribution in [3.05, 3.63) is 48.3 Å². The highest BCUT2D eigenvalue weighted by atomic mass is 19.3. The summed E-state index contributed by atoms with van der Waals surface area (Å²) in [5.41, 5.74) is 0.562. The first-order valence-electron chi connectivity index (χ1n) is 5.66. The lowest BCUT2D eigenvalue weighted by molar-refractivity contribution is 0.0667. The highest BCUT2D eigenvalue weighted by Crippen LogP contribution is 2.19. The monoisotopic (exact) mass is 284 g/mol. The minimum Gasteiger partial charge on any atom is -0.323 e. The van der Waals surface area contributed by atoms with Gasteiger partial charge in [0.2, 0.25) is 0 Å². The molecule has 3 rings (SSSR count). The van der Waals surface area contributed by atoms with Crippen LogP contribution in [0.25, 0.3) is 11.0 Å². The molecule has 0 spiro atoms. The topological polar surface area (TPSA) is 35.6 Å². The van der Waals surface area contributed by atoms with Gasteiger partial charge in [-0.15, -0.1) is 0 Å². The molecule has 0 aliphatic carbocycles. The third-order valence-electron chi connectivity index (χ3n) is 2.93. The zero-order valence-electron chi connectivity index (χ0n) is 9.97. The maximum atomic E-state index is 13.2. The summed E-state index contributed by atoms with van der Waals surface area (Å²) in [6.07, 6.45) is 3.73. The lowest BCUT2D eigenvalue weighted by Crippen LogP contribution is -2.08. The van der Waals surface area contributed by atoms with Crippen molar-refractivity contribution in [2.75, 3.05) is 0 Å². The number of imidazole rings is 2. The van der Waals surface area contributed by atoms with Crippen molar-refractivity contribution in [2.24, 2.45) is 0 Å². The number of aromatic nitrogens is 4. The number of fused-ring (bicyclic) bond motifs is 1. The molecule has 0 radical (unpaired) electrons. The Labute approximate surface area is 110 Å². The first kappa shape index (κ1) is 12.6.